The highest BCUT2D eigenvalue weighted by atomic mass is 16.4. The van der Waals surface area contributed by atoms with Crippen LogP contribution >= 0.6 is 0 Å². The van der Waals surface area contributed by atoms with Crippen molar-refractivity contribution in [1.29, 1.82) is 0 Å². The molecule has 5 heteroatoms. The normalized spacial score (nSPS) is 35.8. The van der Waals surface area contributed by atoms with Crippen LogP contribution in [0.25, 0.3) is 0 Å². The lowest BCUT2D eigenvalue weighted by atomic mass is 9.46. The molecule has 2 N–H and O–H groups in total. The summed E-state index contributed by atoms with van der Waals surface area (Å²) in [6.07, 6.45) is 6.72. The molecule has 2 saturated carbocycles. The van der Waals surface area contributed by atoms with Crippen molar-refractivity contribution < 1.29 is 24.6 Å². The Hall–Kier alpha value is -1.91. The van der Waals surface area contributed by atoms with Gasteiger partial charge in [-0.1, -0.05) is 25.5 Å². The lowest BCUT2D eigenvalue weighted by Gasteiger charge is -2.57. The van der Waals surface area contributed by atoms with Crippen LogP contribution in [0.4, 0.5) is 0 Å². The average Bonchev–Trinajstić information content (AvgIpc) is 2.52. The molecule has 5 nitrogen and oxygen atoms in total. The van der Waals surface area contributed by atoms with E-state index in [0.717, 1.165) is 37.3 Å². The van der Waals surface area contributed by atoms with Gasteiger partial charge in [-0.15, -0.1) is 0 Å². The van der Waals surface area contributed by atoms with Crippen molar-refractivity contribution in [2.45, 2.75) is 58.8 Å². The first-order valence-corrected chi connectivity index (χ1v) is 8.95. The number of hydrogen-bond donors (Lipinski definition) is 2. The second-order valence-electron chi connectivity index (χ2n) is 8.10. The Bertz CT molecular complexity index is 620. The number of carbonyl (C=O) groups is 3. The van der Waals surface area contributed by atoms with Gasteiger partial charge in [0.2, 0.25) is 0 Å². The van der Waals surface area contributed by atoms with Gasteiger partial charge in [-0.2, -0.15) is 0 Å². The minimum atomic E-state index is -1.12. The monoisotopic (exact) mass is 348 g/mol. The Morgan fingerprint density at radius 3 is 2.52 bits per heavy atom. The molecule has 4 unspecified atom stereocenters. The fourth-order valence-corrected chi connectivity index (χ4v) is 5.37. The predicted molar refractivity (Wildman–Crippen MR) is 94.1 cm³/mol. The third-order valence-corrected chi connectivity index (χ3v) is 6.69. The van der Waals surface area contributed by atoms with Gasteiger partial charge in [-0.05, 0) is 68.3 Å². The Kier molecular flexibility index (Phi) is 5.55. The van der Waals surface area contributed by atoms with Crippen molar-refractivity contribution in [3.63, 3.8) is 0 Å². The zero-order valence-electron chi connectivity index (χ0n) is 15.1. The summed E-state index contributed by atoms with van der Waals surface area (Å²) in [5.41, 5.74) is 0.477. The molecule has 0 aromatic carbocycles. The predicted octanol–water partition coefficient (Wildman–Crippen LogP) is 3.84. The second-order valence-corrected chi connectivity index (χ2v) is 8.10. The van der Waals surface area contributed by atoms with Gasteiger partial charge in [0.15, 0.2) is 0 Å². The summed E-state index contributed by atoms with van der Waals surface area (Å²) in [6, 6.07) is 0. The van der Waals surface area contributed by atoms with Crippen molar-refractivity contribution in [3.05, 3.63) is 23.8 Å². The van der Waals surface area contributed by atoms with Gasteiger partial charge in [-0.25, -0.2) is 4.79 Å². The standard InChI is InChI=1S/C20H28O5/c1-13-5-8-16-19(2,9-4-10-20(16,3)18(24)25)15(13)7-6-14(12-21)11-17(22)23/h11-12,15-16H,1,4-10H2,2-3H3,(H,22,23)(H,24,25)/b14-11+. The Labute approximate surface area is 148 Å². The van der Waals surface area contributed by atoms with Crippen LogP contribution in [0.5, 0.6) is 0 Å². The molecule has 4 atom stereocenters. The maximum atomic E-state index is 12.0. The summed E-state index contributed by atoms with van der Waals surface area (Å²) in [5.74, 6) is -1.66. The van der Waals surface area contributed by atoms with E-state index in [1.165, 1.54) is 0 Å². The Morgan fingerprint density at radius 1 is 1.28 bits per heavy atom. The van der Waals surface area contributed by atoms with Crippen LogP contribution in [-0.4, -0.2) is 28.4 Å². The quantitative estimate of drug-likeness (QED) is 0.432. The van der Waals surface area contributed by atoms with Crippen molar-refractivity contribution in [1.82, 2.24) is 0 Å². The first-order valence-electron chi connectivity index (χ1n) is 8.95. The van der Waals surface area contributed by atoms with Gasteiger partial charge >= 0.3 is 11.9 Å². The zero-order chi connectivity index (χ0) is 18.8. The lowest BCUT2D eigenvalue weighted by molar-refractivity contribution is -0.164. The number of fused-ring (bicyclic) bond motifs is 1. The summed E-state index contributed by atoms with van der Waals surface area (Å²) >= 11 is 0. The van der Waals surface area contributed by atoms with Crippen LogP contribution in [0.3, 0.4) is 0 Å². The summed E-state index contributed by atoms with van der Waals surface area (Å²) in [4.78, 5) is 33.9. The van der Waals surface area contributed by atoms with E-state index in [2.05, 4.69) is 13.5 Å². The maximum Gasteiger partial charge on any atom is 0.328 e. The van der Waals surface area contributed by atoms with Crippen LogP contribution in [0.15, 0.2) is 23.8 Å². The third kappa shape index (κ3) is 3.55. The fraction of sp³-hybridized carbons (Fsp3) is 0.650. The molecule has 2 aliphatic rings. The number of carbonyl (C=O) groups excluding carboxylic acids is 1. The SMILES string of the molecule is C=C1CCC2C(C)(C(=O)O)CCCC2(C)C1CC/C(C=O)=C\C(=O)O. The van der Waals surface area contributed by atoms with Crippen molar-refractivity contribution >= 4 is 18.2 Å². The first-order chi connectivity index (χ1) is 11.6. The van der Waals surface area contributed by atoms with Crippen molar-refractivity contribution in [3.8, 4) is 0 Å². The Morgan fingerprint density at radius 2 is 1.96 bits per heavy atom. The highest BCUT2D eigenvalue weighted by molar-refractivity contribution is 5.88. The second kappa shape index (κ2) is 7.14. The molecule has 0 aromatic heterocycles. The maximum absolute atomic E-state index is 12.0. The molecule has 0 bridgehead atoms. The zero-order valence-corrected chi connectivity index (χ0v) is 15.1. The largest absolute Gasteiger partial charge is 0.481 e. The fourth-order valence-electron chi connectivity index (χ4n) is 5.37. The van der Waals surface area contributed by atoms with E-state index in [1.54, 1.807) is 0 Å². The number of aliphatic carboxylic acids is 2. The molecule has 0 spiro atoms. The minimum absolute atomic E-state index is 0.0740. The van der Waals surface area contributed by atoms with Gasteiger partial charge in [-0.3, -0.25) is 9.59 Å². The highest BCUT2D eigenvalue weighted by Gasteiger charge is 2.57. The topological polar surface area (TPSA) is 91.7 Å². The molecule has 138 valence electrons. The van der Waals surface area contributed by atoms with Crippen LogP contribution in [-0.2, 0) is 14.4 Å². The highest BCUT2D eigenvalue weighted by Crippen LogP contribution is 2.62. The number of aldehydes is 1. The van der Waals surface area contributed by atoms with E-state index in [1.807, 2.05) is 6.92 Å². The van der Waals surface area contributed by atoms with Gasteiger partial charge in [0.1, 0.15) is 6.29 Å². The molecular weight excluding hydrogens is 320 g/mol. The molecule has 0 aliphatic heterocycles. The molecular formula is C20H28O5. The van der Waals surface area contributed by atoms with Crippen LogP contribution < -0.4 is 0 Å². The van der Waals surface area contributed by atoms with E-state index in [0.29, 0.717) is 25.5 Å². The number of allylic oxidation sites excluding steroid dienone is 2. The average molecular weight is 348 g/mol. The van der Waals surface area contributed by atoms with Gasteiger partial charge in [0.05, 0.1) is 5.41 Å². The van der Waals surface area contributed by atoms with E-state index >= 15 is 0 Å². The molecule has 0 radical (unpaired) electrons. The number of carboxylic acids is 2. The van der Waals surface area contributed by atoms with Crippen molar-refractivity contribution in [2.75, 3.05) is 0 Å². The molecule has 0 aromatic rings. The van der Waals surface area contributed by atoms with Gasteiger partial charge in [0, 0.05) is 6.08 Å². The number of carboxylic acid groups (broad SMARTS) is 2. The van der Waals surface area contributed by atoms with E-state index < -0.39 is 17.4 Å². The van der Waals surface area contributed by atoms with E-state index in [9.17, 15) is 19.5 Å². The number of rotatable bonds is 6. The summed E-state index contributed by atoms with van der Waals surface area (Å²) in [6.45, 7) is 8.24. The molecule has 2 fully saturated rings. The van der Waals surface area contributed by atoms with Crippen LogP contribution in [0.2, 0.25) is 0 Å². The molecule has 25 heavy (non-hydrogen) atoms. The van der Waals surface area contributed by atoms with Crippen molar-refractivity contribution in [2.24, 2.45) is 22.7 Å². The van der Waals surface area contributed by atoms with Crippen LogP contribution in [0.1, 0.15) is 58.8 Å². The lowest BCUT2D eigenvalue weighted by Crippen LogP contribution is -2.53. The van der Waals surface area contributed by atoms with Gasteiger partial charge < -0.3 is 10.2 Å². The third-order valence-electron chi connectivity index (χ3n) is 6.69. The molecule has 0 heterocycles. The number of hydrogen-bond acceptors (Lipinski definition) is 3. The smallest absolute Gasteiger partial charge is 0.328 e. The first kappa shape index (κ1) is 19.4. The minimum Gasteiger partial charge on any atom is -0.481 e. The van der Waals surface area contributed by atoms with E-state index in [-0.39, 0.29) is 22.8 Å². The van der Waals surface area contributed by atoms with E-state index in [4.69, 9.17) is 5.11 Å². The Balaban J connectivity index is 2.27. The summed E-state index contributed by atoms with van der Waals surface area (Å²) in [5, 5.41) is 18.7. The summed E-state index contributed by atoms with van der Waals surface area (Å²) in [7, 11) is 0. The molecule has 0 saturated heterocycles. The molecule has 2 aliphatic carbocycles. The van der Waals surface area contributed by atoms with Gasteiger partial charge in [0.25, 0.3) is 0 Å². The molecule has 2 rings (SSSR count). The summed E-state index contributed by atoms with van der Waals surface area (Å²) < 4.78 is 0. The molecule has 0 amide bonds. The van der Waals surface area contributed by atoms with Crippen LogP contribution in [0, 0.1) is 22.7 Å².